The minimum absolute atomic E-state index is 0.0317. The van der Waals surface area contributed by atoms with Crippen molar-refractivity contribution < 1.29 is 10.2 Å². The molecular weight excluding hydrogens is 211 g/mol. The highest BCUT2D eigenvalue weighted by Gasteiger charge is 2.04. The Kier molecular flexibility index (Phi) is 3.60. The molecule has 0 aromatic heterocycles. The molecule has 2 N–H and O–H groups in total. The highest BCUT2D eigenvalue weighted by Crippen LogP contribution is 2.31. The van der Waals surface area contributed by atoms with Gasteiger partial charge in [0.05, 0.1) is 11.6 Å². The van der Waals surface area contributed by atoms with E-state index in [2.05, 4.69) is 0 Å². The standard InChI is InChI=1S/C9H8Cl2O2/c10-7-4-6(2-1-3-12)9(13)8(11)5-7/h1-2,4-5,12-13H,3H2. The van der Waals surface area contributed by atoms with Gasteiger partial charge in [-0.25, -0.2) is 0 Å². The summed E-state index contributed by atoms with van der Waals surface area (Å²) in [5, 5.41) is 18.6. The molecule has 0 amide bonds. The Hall–Kier alpha value is -0.700. The predicted molar refractivity (Wildman–Crippen MR) is 54.2 cm³/mol. The van der Waals surface area contributed by atoms with Crippen molar-refractivity contribution in [1.82, 2.24) is 0 Å². The largest absolute Gasteiger partial charge is 0.506 e. The molecule has 0 atom stereocenters. The van der Waals surface area contributed by atoms with Gasteiger partial charge in [0.15, 0.2) is 0 Å². The van der Waals surface area contributed by atoms with Gasteiger partial charge in [0.2, 0.25) is 0 Å². The molecule has 0 bridgehead atoms. The molecule has 2 nitrogen and oxygen atoms in total. The molecule has 0 radical (unpaired) electrons. The monoisotopic (exact) mass is 218 g/mol. The summed E-state index contributed by atoms with van der Waals surface area (Å²) in [5.41, 5.74) is 0.492. The summed E-state index contributed by atoms with van der Waals surface area (Å²) in [6, 6.07) is 3.02. The molecular formula is C9H8Cl2O2. The maximum absolute atomic E-state index is 9.43. The van der Waals surface area contributed by atoms with Gasteiger partial charge in [-0.05, 0) is 12.1 Å². The Labute approximate surface area is 86.0 Å². The highest BCUT2D eigenvalue weighted by molar-refractivity contribution is 6.35. The Morgan fingerprint density at radius 2 is 2.00 bits per heavy atom. The molecule has 0 saturated carbocycles. The molecule has 1 aromatic rings. The van der Waals surface area contributed by atoms with Crippen molar-refractivity contribution in [2.75, 3.05) is 6.61 Å². The lowest BCUT2D eigenvalue weighted by molar-refractivity contribution is 0.343. The number of aliphatic hydroxyl groups is 1. The minimum Gasteiger partial charge on any atom is -0.506 e. The third-order valence-corrected chi connectivity index (χ3v) is 1.97. The van der Waals surface area contributed by atoms with Crippen LogP contribution >= 0.6 is 23.2 Å². The van der Waals surface area contributed by atoms with Crippen molar-refractivity contribution in [3.8, 4) is 5.75 Å². The Balaban J connectivity index is 3.12. The zero-order chi connectivity index (χ0) is 9.84. The van der Waals surface area contributed by atoms with Crippen LogP contribution < -0.4 is 0 Å². The average molecular weight is 219 g/mol. The number of benzene rings is 1. The summed E-state index contributed by atoms with van der Waals surface area (Å²) in [4.78, 5) is 0. The number of hydrogen-bond donors (Lipinski definition) is 2. The van der Waals surface area contributed by atoms with E-state index in [4.69, 9.17) is 28.3 Å². The molecule has 4 heteroatoms. The Morgan fingerprint density at radius 1 is 1.31 bits per heavy atom. The van der Waals surface area contributed by atoms with Crippen molar-refractivity contribution in [2.24, 2.45) is 0 Å². The zero-order valence-electron chi connectivity index (χ0n) is 6.67. The molecule has 0 unspecified atom stereocenters. The van der Waals surface area contributed by atoms with E-state index in [-0.39, 0.29) is 17.4 Å². The summed E-state index contributed by atoms with van der Waals surface area (Å²) >= 11 is 11.4. The molecule has 0 fully saturated rings. The number of rotatable bonds is 2. The fraction of sp³-hybridized carbons (Fsp3) is 0.111. The van der Waals surface area contributed by atoms with Crippen molar-refractivity contribution >= 4 is 29.3 Å². The van der Waals surface area contributed by atoms with E-state index in [0.717, 1.165) is 0 Å². The van der Waals surface area contributed by atoms with Crippen LogP contribution in [0.3, 0.4) is 0 Å². The van der Waals surface area contributed by atoms with Gasteiger partial charge >= 0.3 is 0 Å². The van der Waals surface area contributed by atoms with Crippen molar-refractivity contribution in [1.29, 1.82) is 0 Å². The molecule has 70 valence electrons. The molecule has 13 heavy (non-hydrogen) atoms. The van der Waals surface area contributed by atoms with Gasteiger partial charge in [0.25, 0.3) is 0 Å². The van der Waals surface area contributed by atoms with Crippen LogP contribution in [0.15, 0.2) is 18.2 Å². The van der Waals surface area contributed by atoms with Crippen molar-refractivity contribution in [3.63, 3.8) is 0 Å². The molecule has 1 aromatic carbocycles. The van der Waals surface area contributed by atoms with E-state index in [1.807, 2.05) is 0 Å². The topological polar surface area (TPSA) is 40.5 Å². The normalized spacial score (nSPS) is 11.0. The van der Waals surface area contributed by atoms with E-state index in [1.165, 1.54) is 12.1 Å². The first kappa shape index (κ1) is 10.4. The lowest BCUT2D eigenvalue weighted by Crippen LogP contribution is -1.78. The molecule has 0 aliphatic carbocycles. The van der Waals surface area contributed by atoms with Gasteiger partial charge in [-0.3, -0.25) is 0 Å². The van der Waals surface area contributed by atoms with Gasteiger partial charge in [-0.2, -0.15) is 0 Å². The maximum atomic E-state index is 9.43. The number of halogens is 2. The number of phenolic OH excluding ortho intramolecular Hbond substituents is 1. The van der Waals surface area contributed by atoms with Crippen LogP contribution in [-0.2, 0) is 0 Å². The fourth-order valence-corrected chi connectivity index (χ4v) is 1.40. The van der Waals surface area contributed by atoms with Gasteiger partial charge in [-0.15, -0.1) is 0 Å². The molecule has 0 spiro atoms. The zero-order valence-corrected chi connectivity index (χ0v) is 8.18. The molecule has 0 aliphatic rings. The number of aliphatic hydroxyl groups excluding tert-OH is 1. The minimum atomic E-state index is -0.0937. The van der Waals surface area contributed by atoms with E-state index in [1.54, 1.807) is 12.1 Å². The lowest BCUT2D eigenvalue weighted by Gasteiger charge is -2.02. The van der Waals surface area contributed by atoms with E-state index in [9.17, 15) is 5.11 Å². The van der Waals surface area contributed by atoms with Crippen LogP contribution in [0, 0.1) is 0 Å². The second-order valence-electron chi connectivity index (χ2n) is 2.41. The summed E-state index contributed by atoms with van der Waals surface area (Å²) in [6.07, 6.45) is 3.04. The first-order chi connectivity index (χ1) is 6.15. The van der Waals surface area contributed by atoms with Gasteiger partial charge in [-0.1, -0.05) is 35.4 Å². The smallest absolute Gasteiger partial charge is 0.141 e. The van der Waals surface area contributed by atoms with Crippen LogP contribution in [0.25, 0.3) is 6.08 Å². The van der Waals surface area contributed by atoms with Crippen LogP contribution in [0.4, 0.5) is 0 Å². The van der Waals surface area contributed by atoms with Crippen molar-refractivity contribution in [2.45, 2.75) is 0 Å². The van der Waals surface area contributed by atoms with Crippen LogP contribution in [0.1, 0.15) is 5.56 Å². The van der Waals surface area contributed by atoms with Gasteiger partial charge in [0.1, 0.15) is 5.75 Å². The van der Waals surface area contributed by atoms with E-state index >= 15 is 0 Å². The van der Waals surface area contributed by atoms with E-state index in [0.29, 0.717) is 10.6 Å². The highest BCUT2D eigenvalue weighted by atomic mass is 35.5. The Bertz CT molecular complexity index is 335. The lowest BCUT2D eigenvalue weighted by atomic mass is 10.2. The van der Waals surface area contributed by atoms with Crippen molar-refractivity contribution in [3.05, 3.63) is 33.8 Å². The Morgan fingerprint density at radius 3 is 2.62 bits per heavy atom. The number of phenols is 1. The second-order valence-corrected chi connectivity index (χ2v) is 3.25. The van der Waals surface area contributed by atoms with Crippen LogP contribution in [0.5, 0.6) is 5.75 Å². The van der Waals surface area contributed by atoms with Gasteiger partial charge < -0.3 is 10.2 Å². The average Bonchev–Trinajstić information content (AvgIpc) is 2.09. The summed E-state index contributed by atoms with van der Waals surface area (Å²) in [6.45, 7) is -0.0937. The number of hydrogen-bond acceptors (Lipinski definition) is 2. The van der Waals surface area contributed by atoms with E-state index < -0.39 is 0 Å². The third kappa shape index (κ3) is 2.62. The SMILES string of the molecule is OCC=Cc1cc(Cl)cc(Cl)c1O. The van der Waals surface area contributed by atoms with Crippen LogP contribution in [-0.4, -0.2) is 16.8 Å². The summed E-state index contributed by atoms with van der Waals surface area (Å²) in [7, 11) is 0. The third-order valence-electron chi connectivity index (χ3n) is 1.46. The molecule has 0 heterocycles. The second kappa shape index (κ2) is 4.51. The summed E-state index contributed by atoms with van der Waals surface area (Å²) in [5.74, 6) is -0.0317. The maximum Gasteiger partial charge on any atom is 0.141 e. The van der Waals surface area contributed by atoms with Gasteiger partial charge in [0, 0.05) is 10.6 Å². The first-order valence-electron chi connectivity index (χ1n) is 3.60. The quantitative estimate of drug-likeness (QED) is 0.802. The first-order valence-corrected chi connectivity index (χ1v) is 4.36. The molecule has 0 aliphatic heterocycles. The molecule has 1 rings (SSSR count). The predicted octanol–water partition coefficient (Wildman–Crippen LogP) is 2.70. The molecule has 0 saturated heterocycles. The summed E-state index contributed by atoms with van der Waals surface area (Å²) < 4.78 is 0. The fourth-order valence-electron chi connectivity index (χ4n) is 0.893. The number of aromatic hydroxyl groups is 1. The van der Waals surface area contributed by atoms with Crippen LogP contribution in [0.2, 0.25) is 10.0 Å².